The first-order chi connectivity index (χ1) is 10.8. The molecule has 0 spiro atoms. The van der Waals surface area contributed by atoms with E-state index in [1.54, 1.807) is 18.0 Å². The van der Waals surface area contributed by atoms with E-state index >= 15 is 0 Å². The highest BCUT2D eigenvalue weighted by atomic mass is 35.5. The third-order valence-electron chi connectivity index (χ3n) is 2.99. The first kappa shape index (κ1) is 15.0. The highest BCUT2D eigenvalue weighted by Gasteiger charge is 2.15. The van der Waals surface area contributed by atoms with Crippen molar-refractivity contribution < 1.29 is 0 Å². The Morgan fingerprint density at radius 2 is 2.00 bits per heavy atom. The van der Waals surface area contributed by atoms with Gasteiger partial charge in [0.25, 0.3) is 0 Å². The van der Waals surface area contributed by atoms with Crippen LogP contribution in [0.2, 0.25) is 5.02 Å². The normalized spacial score (nSPS) is 10.8. The molecule has 3 N–H and O–H groups in total. The number of H-pyrrole nitrogens is 1. The van der Waals surface area contributed by atoms with E-state index in [9.17, 15) is 0 Å². The van der Waals surface area contributed by atoms with Gasteiger partial charge in [-0.25, -0.2) is 15.0 Å². The Morgan fingerprint density at radius 3 is 2.68 bits per heavy atom. The number of rotatable bonds is 5. The minimum atomic E-state index is 0.602. The van der Waals surface area contributed by atoms with Gasteiger partial charge in [0.2, 0.25) is 0 Å². The lowest BCUT2D eigenvalue weighted by atomic mass is 10.1. The highest BCUT2D eigenvalue weighted by molar-refractivity contribution is 7.99. The van der Waals surface area contributed by atoms with Gasteiger partial charge in [0, 0.05) is 29.1 Å². The molecule has 2 aromatic heterocycles. The van der Waals surface area contributed by atoms with Crippen molar-refractivity contribution in [1.29, 1.82) is 0 Å². The number of nitrogens with one attached hydrogen (secondary N) is 1. The average Bonchev–Trinajstić information content (AvgIpc) is 2.98. The summed E-state index contributed by atoms with van der Waals surface area (Å²) in [5.41, 5.74) is 9.05. The van der Waals surface area contributed by atoms with Gasteiger partial charge in [0.15, 0.2) is 5.16 Å². The summed E-state index contributed by atoms with van der Waals surface area (Å²) in [6, 6.07) is 9.44. The highest BCUT2D eigenvalue weighted by Crippen LogP contribution is 2.32. The van der Waals surface area contributed by atoms with Crippen LogP contribution >= 0.6 is 23.4 Å². The summed E-state index contributed by atoms with van der Waals surface area (Å²) in [5.74, 6) is 0.802. The number of hydrogen-bond acceptors (Lipinski definition) is 5. The van der Waals surface area contributed by atoms with Gasteiger partial charge >= 0.3 is 0 Å². The lowest BCUT2D eigenvalue weighted by molar-refractivity contribution is 1.05. The van der Waals surface area contributed by atoms with Crippen LogP contribution in [0.3, 0.4) is 0 Å². The molecule has 0 bridgehead atoms. The van der Waals surface area contributed by atoms with Crippen molar-refractivity contribution in [2.24, 2.45) is 5.73 Å². The van der Waals surface area contributed by atoms with Crippen LogP contribution in [-0.4, -0.2) is 32.2 Å². The van der Waals surface area contributed by atoms with Gasteiger partial charge in [-0.3, -0.25) is 0 Å². The van der Waals surface area contributed by atoms with Crippen LogP contribution < -0.4 is 5.73 Å². The van der Waals surface area contributed by atoms with E-state index in [-0.39, 0.29) is 0 Å². The van der Waals surface area contributed by atoms with Crippen LogP contribution in [0.15, 0.2) is 48.0 Å². The molecule has 3 aromatic rings. The van der Waals surface area contributed by atoms with Gasteiger partial charge < -0.3 is 10.7 Å². The average molecular weight is 332 g/mol. The Bertz CT molecular complexity index is 742. The number of imidazole rings is 1. The van der Waals surface area contributed by atoms with Gasteiger partial charge in [-0.2, -0.15) is 0 Å². The van der Waals surface area contributed by atoms with Crippen LogP contribution in [0, 0.1) is 0 Å². The zero-order valence-corrected chi connectivity index (χ0v) is 13.2. The lowest BCUT2D eigenvalue weighted by Crippen LogP contribution is -2.01. The van der Waals surface area contributed by atoms with Crippen LogP contribution in [-0.2, 0) is 0 Å². The molecule has 1 aromatic carbocycles. The second-order valence-corrected chi connectivity index (χ2v) is 6.02. The smallest absolute Gasteiger partial charge is 0.166 e. The molecule has 5 nitrogen and oxygen atoms in total. The minimum Gasteiger partial charge on any atom is -0.331 e. The van der Waals surface area contributed by atoms with Crippen molar-refractivity contribution in [3.8, 4) is 22.6 Å². The predicted molar refractivity (Wildman–Crippen MR) is 89.8 cm³/mol. The maximum Gasteiger partial charge on any atom is 0.166 e. The summed E-state index contributed by atoms with van der Waals surface area (Å²) >= 11 is 7.55. The van der Waals surface area contributed by atoms with Crippen molar-refractivity contribution in [2.75, 3.05) is 12.3 Å². The molecule has 0 fully saturated rings. The predicted octanol–water partition coefficient (Wildman–Crippen LogP) is 3.24. The number of aromatic amines is 1. The largest absolute Gasteiger partial charge is 0.331 e. The molecule has 0 amide bonds. The molecular weight excluding hydrogens is 318 g/mol. The topological polar surface area (TPSA) is 80.5 Å². The SMILES string of the molecule is NCCSc1nc(-c2ccc(Cl)cc2)c(-c2ccncn2)[nH]1. The number of hydrogen-bond donors (Lipinski definition) is 2. The Kier molecular flexibility index (Phi) is 4.72. The summed E-state index contributed by atoms with van der Waals surface area (Å²) < 4.78 is 0. The number of benzene rings is 1. The van der Waals surface area contributed by atoms with E-state index in [1.807, 2.05) is 30.3 Å². The molecule has 7 heteroatoms. The maximum atomic E-state index is 5.96. The zero-order valence-electron chi connectivity index (χ0n) is 11.7. The van der Waals surface area contributed by atoms with Crippen molar-refractivity contribution in [1.82, 2.24) is 19.9 Å². The fourth-order valence-electron chi connectivity index (χ4n) is 2.02. The number of thioether (sulfide) groups is 1. The van der Waals surface area contributed by atoms with Crippen LogP contribution in [0.1, 0.15) is 0 Å². The van der Waals surface area contributed by atoms with Crippen LogP contribution in [0.25, 0.3) is 22.6 Å². The lowest BCUT2D eigenvalue weighted by Gasteiger charge is -2.02. The fourth-order valence-corrected chi connectivity index (χ4v) is 2.78. The Balaban J connectivity index is 2.06. The van der Waals surface area contributed by atoms with Crippen molar-refractivity contribution >= 4 is 23.4 Å². The van der Waals surface area contributed by atoms with Gasteiger partial charge in [-0.15, -0.1) is 0 Å². The van der Waals surface area contributed by atoms with Gasteiger partial charge in [-0.1, -0.05) is 35.5 Å². The monoisotopic (exact) mass is 331 g/mol. The van der Waals surface area contributed by atoms with E-state index in [0.29, 0.717) is 11.6 Å². The molecule has 0 atom stereocenters. The van der Waals surface area contributed by atoms with Crippen molar-refractivity contribution in [2.45, 2.75) is 5.16 Å². The Hall–Kier alpha value is -1.89. The van der Waals surface area contributed by atoms with Gasteiger partial charge in [-0.05, 0) is 18.2 Å². The summed E-state index contributed by atoms with van der Waals surface area (Å²) in [4.78, 5) is 16.3. The standard InChI is InChI=1S/C15H14ClN5S/c16-11-3-1-10(2-4-11)13-14(12-5-7-18-9-19-12)21-15(20-13)22-8-6-17/h1-5,7,9H,6,8,17H2,(H,20,21). The molecular formula is C15H14ClN5S. The van der Waals surface area contributed by atoms with E-state index in [4.69, 9.17) is 17.3 Å². The molecule has 112 valence electrons. The summed E-state index contributed by atoms with van der Waals surface area (Å²) in [7, 11) is 0. The number of halogens is 1. The van der Waals surface area contributed by atoms with Gasteiger partial charge in [0.1, 0.15) is 6.33 Å². The Labute approximate surface area is 137 Å². The first-order valence-electron chi connectivity index (χ1n) is 6.73. The third-order valence-corrected chi connectivity index (χ3v) is 4.15. The van der Waals surface area contributed by atoms with E-state index in [2.05, 4.69) is 19.9 Å². The van der Waals surface area contributed by atoms with Crippen LogP contribution in [0.4, 0.5) is 0 Å². The minimum absolute atomic E-state index is 0.602. The van der Waals surface area contributed by atoms with E-state index < -0.39 is 0 Å². The number of nitrogens with two attached hydrogens (primary N) is 1. The molecule has 0 aliphatic carbocycles. The van der Waals surface area contributed by atoms with Crippen LogP contribution in [0.5, 0.6) is 0 Å². The molecule has 3 rings (SSSR count). The maximum absolute atomic E-state index is 5.96. The second-order valence-electron chi connectivity index (χ2n) is 4.50. The zero-order chi connectivity index (χ0) is 15.4. The quantitative estimate of drug-likeness (QED) is 0.701. The molecule has 0 saturated carbocycles. The molecule has 0 saturated heterocycles. The number of aromatic nitrogens is 4. The molecule has 0 aliphatic heterocycles. The third kappa shape index (κ3) is 3.30. The summed E-state index contributed by atoms with van der Waals surface area (Å²) in [6.07, 6.45) is 3.23. The molecule has 0 aliphatic rings. The second kappa shape index (κ2) is 6.91. The fraction of sp³-hybridized carbons (Fsp3) is 0.133. The molecule has 0 radical (unpaired) electrons. The molecule has 2 heterocycles. The van der Waals surface area contributed by atoms with Crippen molar-refractivity contribution in [3.63, 3.8) is 0 Å². The number of nitrogens with zero attached hydrogens (tertiary/aromatic N) is 3. The van der Waals surface area contributed by atoms with E-state index in [0.717, 1.165) is 33.6 Å². The first-order valence-corrected chi connectivity index (χ1v) is 8.09. The Morgan fingerprint density at radius 1 is 1.18 bits per heavy atom. The summed E-state index contributed by atoms with van der Waals surface area (Å²) in [5, 5.41) is 1.52. The van der Waals surface area contributed by atoms with Gasteiger partial charge in [0.05, 0.1) is 17.1 Å². The summed E-state index contributed by atoms with van der Waals surface area (Å²) in [6.45, 7) is 0.602. The van der Waals surface area contributed by atoms with E-state index in [1.165, 1.54) is 6.33 Å². The molecule has 22 heavy (non-hydrogen) atoms. The molecule has 0 unspecified atom stereocenters. The van der Waals surface area contributed by atoms with Crippen molar-refractivity contribution in [3.05, 3.63) is 47.9 Å².